The van der Waals surface area contributed by atoms with E-state index in [9.17, 15) is 22.4 Å². The van der Waals surface area contributed by atoms with Crippen molar-refractivity contribution in [1.82, 2.24) is 5.32 Å². The maximum atomic E-state index is 12.7. The monoisotopic (exact) mass is 251 g/mol. The van der Waals surface area contributed by atoms with Crippen molar-refractivity contribution in [2.75, 3.05) is 6.61 Å². The van der Waals surface area contributed by atoms with Gasteiger partial charge >= 0.3 is 12.3 Å². The Morgan fingerprint density at radius 1 is 1.35 bits per heavy atom. The first-order chi connectivity index (χ1) is 7.87. The largest absolute Gasteiger partial charge is 0.440 e. The maximum Gasteiger partial charge on any atom is 0.422 e. The molecule has 0 saturated heterocycles. The van der Waals surface area contributed by atoms with Gasteiger partial charge in [0.25, 0.3) is 0 Å². The van der Waals surface area contributed by atoms with E-state index in [0.29, 0.717) is 5.56 Å². The van der Waals surface area contributed by atoms with Crippen molar-refractivity contribution in [2.24, 2.45) is 0 Å². The number of alkyl halides is 3. The van der Waals surface area contributed by atoms with Crippen molar-refractivity contribution >= 4 is 6.09 Å². The zero-order chi connectivity index (χ0) is 12.9. The first-order valence-corrected chi connectivity index (χ1v) is 4.58. The Morgan fingerprint density at radius 2 is 2.06 bits per heavy atom. The smallest absolute Gasteiger partial charge is 0.422 e. The summed E-state index contributed by atoms with van der Waals surface area (Å²) in [7, 11) is 0. The average molecular weight is 251 g/mol. The second kappa shape index (κ2) is 5.51. The number of benzene rings is 1. The highest BCUT2D eigenvalue weighted by molar-refractivity contribution is 5.67. The standard InChI is InChI=1S/C10H9F4NO2/c11-8-3-1-2-7(4-8)5-15-9(16)17-6-10(12,13)14/h1-4H,5-6H2,(H,15,16). The summed E-state index contributed by atoms with van der Waals surface area (Å²) < 4.78 is 51.6. The lowest BCUT2D eigenvalue weighted by molar-refractivity contribution is -0.160. The van der Waals surface area contributed by atoms with Crippen LogP contribution in [0.4, 0.5) is 22.4 Å². The maximum absolute atomic E-state index is 12.7. The molecular formula is C10H9F4NO2. The summed E-state index contributed by atoms with van der Waals surface area (Å²) in [6.07, 6.45) is -5.76. The number of halogens is 4. The fourth-order valence-electron chi connectivity index (χ4n) is 1.02. The van der Waals surface area contributed by atoms with Crippen LogP contribution >= 0.6 is 0 Å². The lowest BCUT2D eigenvalue weighted by Gasteiger charge is -2.09. The fourth-order valence-corrected chi connectivity index (χ4v) is 1.02. The molecule has 0 spiro atoms. The van der Waals surface area contributed by atoms with Crippen molar-refractivity contribution in [3.63, 3.8) is 0 Å². The van der Waals surface area contributed by atoms with Crippen LogP contribution < -0.4 is 5.32 Å². The highest BCUT2D eigenvalue weighted by atomic mass is 19.4. The summed E-state index contributed by atoms with van der Waals surface area (Å²) >= 11 is 0. The van der Waals surface area contributed by atoms with Crippen LogP contribution in [0.5, 0.6) is 0 Å². The Kier molecular flexibility index (Phi) is 4.30. The molecule has 1 amide bonds. The highest BCUT2D eigenvalue weighted by Crippen LogP contribution is 2.14. The zero-order valence-corrected chi connectivity index (χ0v) is 8.55. The highest BCUT2D eigenvalue weighted by Gasteiger charge is 2.29. The molecule has 17 heavy (non-hydrogen) atoms. The molecule has 0 aliphatic carbocycles. The average Bonchev–Trinajstić information content (AvgIpc) is 2.23. The summed E-state index contributed by atoms with van der Waals surface area (Å²) in [6.45, 7) is -1.75. The predicted molar refractivity (Wildman–Crippen MR) is 50.6 cm³/mol. The van der Waals surface area contributed by atoms with Gasteiger partial charge in [0.2, 0.25) is 0 Å². The third kappa shape index (κ3) is 5.74. The van der Waals surface area contributed by atoms with Gasteiger partial charge in [0.05, 0.1) is 0 Å². The quantitative estimate of drug-likeness (QED) is 0.838. The van der Waals surface area contributed by atoms with Crippen molar-refractivity contribution in [2.45, 2.75) is 12.7 Å². The molecular weight excluding hydrogens is 242 g/mol. The van der Waals surface area contributed by atoms with Gasteiger partial charge in [0, 0.05) is 6.54 Å². The van der Waals surface area contributed by atoms with Crippen molar-refractivity contribution < 1.29 is 27.1 Å². The molecule has 1 rings (SSSR count). The number of nitrogens with one attached hydrogen (secondary N) is 1. The van der Waals surface area contributed by atoms with Crippen LogP contribution in [0.25, 0.3) is 0 Å². The van der Waals surface area contributed by atoms with E-state index in [0.717, 1.165) is 6.07 Å². The molecule has 0 heterocycles. The number of hydrogen-bond donors (Lipinski definition) is 1. The van der Waals surface area contributed by atoms with E-state index in [-0.39, 0.29) is 6.54 Å². The molecule has 7 heteroatoms. The number of rotatable bonds is 3. The Morgan fingerprint density at radius 3 is 2.65 bits per heavy atom. The number of carbonyl (C=O) groups is 1. The van der Waals surface area contributed by atoms with Gasteiger partial charge in [0.1, 0.15) is 5.82 Å². The molecule has 94 valence electrons. The third-order valence-electron chi connectivity index (χ3n) is 1.69. The fraction of sp³-hybridized carbons (Fsp3) is 0.300. The van der Waals surface area contributed by atoms with Crippen LogP contribution in [0.2, 0.25) is 0 Å². The molecule has 1 aromatic carbocycles. The molecule has 0 saturated carbocycles. The molecule has 0 unspecified atom stereocenters. The second-order valence-electron chi connectivity index (χ2n) is 3.17. The van der Waals surface area contributed by atoms with Gasteiger partial charge < -0.3 is 10.1 Å². The van der Waals surface area contributed by atoms with E-state index >= 15 is 0 Å². The van der Waals surface area contributed by atoms with Crippen LogP contribution in [0.15, 0.2) is 24.3 Å². The first-order valence-electron chi connectivity index (χ1n) is 4.58. The first kappa shape index (κ1) is 13.3. The number of hydrogen-bond acceptors (Lipinski definition) is 2. The Hall–Kier alpha value is -1.79. The summed E-state index contributed by atoms with van der Waals surface area (Å²) in [5.41, 5.74) is 0.425. The molecule has 0 aliphatic rings. The molecule has 0 aromatic heterocycles. The van der Waals surface area contributed by atoms with Crippen LogP contribution in [0, 0.1) is 5.82 Å². The predicted octanol–water partition coefficient (Wildman–Crippen LogP) is 2.61. The van der Waals surface area contributed by atoms with Crippen molar-refractivity contribution in [3.05, 3.63) is 35.6 Å². The minimum absolute atomic E-state index is 0.103. The van der Waals surface area contributed by atoms with Gasteiger partial charge in [-0.25, -0.2) is 9.18 Å². The normalized spacial score (nSPS) is 11.1. The lowest BCUT2D eigenvalue weighted by atomic mass is 10.2. The molecule has 0 fully saturated rings. The Labute approximate surface area is 94.4 Å². The molecule has 3 nitrogen and oxygen atoms in total. The molecule has 0 radical (unpaired) electrons. The lowest BCUT2D eigenvalue weighted by Crippen LogP contribution is -2.28. The molecule has 1 N–H and O–H groups in total. The van der Waals surface area contributed by atoms with Crippen LogP contribution in [0.1, 0.15) is 5.56 Å². The van der Waals surface area contributed by atoms with Crippen LogP contribution in [-0.4, -0.2) is 18.9 Å². The van der Waals surface area contributed by atoms with E-state index in [1.807, 2.05) is 0 Å². The Balaban J connectivity index is 2.33. The SMILES string of the molecule is O=C(NCc1cccc(F)c1)OCC(F)(F)F. The van der Waals surface area contributed by atoms with Gasteiger partial charge in [-0.2, -0.15) is 13.2 Å². The topological polar surface area (TPSA) is 38.3 Å². The number of alkyl carbamates (subject to hydrolysis) is 1. The summed E-state index contributed by atoms with van der Waals surface area (Å²) in [6, 6.07) is 5.32. The van der Waals surface area contributed by atoms with E-state index in [1.165, 1.54) is 18.2 Å². The summed E-state index contributed by atoms with van der Waals surface area (Å²) in [5.74, 6) is -0.493. The molecule has 0 atom stereocenters. The van der Waals surface area contributed by atoms with Crippen LogP contribution in [0.3, 0.4) is 0 Å². The molecule has 1 aromatic rings. The summed E-state index contributed by atoms with van der Waals surface area (Å²) in [5, 5.41) is 2.07. The van der Waals surface area contributed by atoms with Gasteiger partial charge in [-0.3, -0.25) is 0 Å². The van der Waals surface area contributed by atoms with E-state index in [4.69, 9.17) is 0 Å². The van der Waals surface area contributed by atoms with Gasteiger partial charge in [-0.1, -0.05) is 12.1 Å². The van der Waals surface area contributed by atoms with Crippen molar-refractivity contribution in [1.29, 1.82) is 0 Å². The molecule has 0 bridgehead atoms. The van der Waals surface area contributed by atoms with Gasteiger partial charge in [0.15, 0.2) is 6.61 Å². The number of amides is 1. The second-order valence-corrected chi connectivity index (χ2v) is 3.17. The van der Waals surface area contributed by atoms with Gasteiger partial charge in [-0.15, -0.1) is 0 Å². The minimum atomic E-state index is -4.56. The van der Waals surface area contributed by atoms with E-state index < -0.39 is 24.7 Å². The summed E-state index contributed by atoms with van der Waals surface area (Å²) in [4.78, 5) is 10.8. The number of ether oxygens (including phenoxy) is 1. The van der Waals surface area contributed by atoms with Gasteiger partial charge in [-0.05, 0) is 17.7 Å². The third-order valence-corrected chi connectivity index (χ3v) is 1.69. The zero-order valence-electron chi connectivity index (χ0n) is 8.55. The van der Waals surface area contributed by atoms with E-state index in [2.05, 4.69) is 10.1 Å². The van der Waals surface area contributed by atoms with E-state index in [1.54, 1.807) is 0 Å². The van der Waals surface area contributed by atoms with Crippen LogP contribution in [-0.2, 0) is 11.3 Å². The minimum Gasteiger partial charge on any atom is -0.440 e. The Bertz CT molecular complexity index is 392. The van der Waals surface area contributed by atoms with Crippen molar-refractivity contribution in [3.8, 4) is 0 Å². The molecule has 0 aliphatic heterocycles. The number of carbonyl (C=O) groups excluding carboxylic acids is 1.